The first-order valence-electron chi connectivity index (χ1n) is 8.73. The van der Waals surface area contributed by atoms with Crippen LogP contribution in [0.3, 0.4) is 0 Å². The minimum absolute atomic E-state index is 0.0907. The summed E-state index contributed by atoms with van der Waals surface area (Å²) < 4.78 is 33.4. The van der Waals surface area contributed by atoms with E-state index < -0.39 is 10.0 Å². The molecule has 0 aliphatic rings. The first-order valence-corrected chi connectivity index (χ1v) is 10.2. The lowest BCUT2D eigenvalue weighted by molar-refractivity contribution is 0.0948. The fourth-order valence-electron chi connectivity index (χ4n) is 2.61. The molecule has 2 N–H and O–H groups in total. The minimum atomic E-state index is -3.82. The van der Waals surface area contributed by atoms with Crippen molar-refractivity contribution in [2.75, 3.05) is 25.0 Å². The van der Waals surface area contributed by atoms with Gasteiger partial charge < -0.3 is 10.1 Å². The summed E-state index contributed by atoms with van der Waals surface area (Å²) in [5.41, 5.74) is 3.27. The molecule has 0 fully saturated rings. The Morgan fingerprint density at radius 1 is 1.07 bits per heavy atom. The normalized spacial score (nSPS) is 11.3. The predicted octanol–water partition coefficient (Wildman–Crippen LogP) is 3.18. The number of carbonyl (C=O) groups is 1. The van der Waals surface area contributed by atoms with E-state index in [0.717, 1.165) is 11.1 Å². The van der Waals surface area contributed by atoms with Gasteiger partial charge in [0.25, 0.3) is 15.9 Å². The van der Waals surface area contributed by atoms with Gasteiger partial charge in [0.1, 0.15) is 0 Å². The number of aryl methyl sites for hydroxylation is 2. The molecule has 2 aromatic carbocycles. The zero-order valence-electron chi connectivity index (χ0n) is 16.1. The molecular weight excluding hydrogens is 364 g/mol. The van der Waals surface area contributed by atoms with E-state index in [2.05, 4.69) is 10.0 Å². The molecule has 1 amide bonds. The lowest BCUT2D eigenvalue weighted by atomic mass is 10.1. The number of sulfonamides is 1. The summed E-state index contributed by atoms with van der Waals surface area (Å²) in [5, 5.41) is 2.76. The number of benzene rings is 2. The van der Waals surface area contributed by atoms with Gasteiger partial charge in [-0.25, -0.2) is 8.42 Å². The summed E-state index contributed by atoms with van der Waals surface area (Å²) in [7, 11) is -2.22. The Kier molecular flexibility index (Phi) is 6.98. The van der Waals surface area contributed by atoms with Crippen LogP contribution in [0.2, 0.25) is 0 Å². The Labute approximate surface area is 161 Å². The SMILES string of the molecule is COCCCNC(=O)c1ccc(C)c(S(=O)(=O)Nc2cccc(C)c2C)c1. The molecule has 2 aromatic rings. The first-order chi connectivity index (χ1) is 12.8. The van der Waals surface area contributed by atoms with Gasteiger partial charge in [0.15, 0.2) is 0 Å². The van der Waals surface area contributed by atoms with Crippen molar-refractivity contribution >= 4 is 21.6 Å². The third kappa shape index (κ3) is 5.30. The first kappa shape index (κ1) is 20.9. The Balaban J connectivity index is 2.26. The monoisotopic (exact) mass is 390 g/mol. The molecule has 27 heavy (non-hydrogen) atoms. The lowest BCUT2D eigenvalue weighted by Gasteiger charge is -2.14. The summed E-state index contributed by atoms with van der Waals surface area (Å²) in [6.07, 6.45) is 0.688. The van der Waals surface area contributed by atoms with Crippen LogP contribution in [0.5, 0.6) is 0 Å². The van der Waals surface area contributed by atoms with E-state index in [-0.39, 0.29) is 10.8 Å². The van der Waals surface area contributed by atoms with Gasteiger partial charge >= 0.3 is 0 Å². The highest BCUT2D eigenvalue weighted by molar-refractivity contribution is 7.92. The number of hydrogen-bond donors (Lipinski definition) is 2. The number of anilines is 1. The summed E-state index contributed by atoms with van der Waals surface area (Å²) in [6.45, 7) is 6.51. The van der Waals surface area contributed by atoms with Crippen LogP contribution >= 0.6 is 0 Å². The Bertz CT molecular complexity index is 924. The topological polar surface area (TPSA) is 84.5 Å². The van der Waals surface area contributed by atoms with Crippen molar-refractivity contribution < 1.29 is 17.9 Å². The Hall–Kier alpha value is -2.38. The molecule has 0 aliphatic heterocycles. The molecular formula is C20H26N2O4S. The standard InChI is InChI=1S/C20H26N2O4S/c1-14-7-5-8-18(16(14)3)22-27(24,25)19-13-17(10-9-15(19)2)20(23)21-11-6-12-26-4/h5,7-10,13,22H,6,11-12H2,1-4H3,(H,21,23). The van der Waals surface area contributed by atoms with Gasteiger partial charge in [-0.05, 0) is 62.1 Å². The molecule has 6 nitrogen and oxygen atoms in total. The molecule has 0 radical (unpaired) electrons. The number of hydrogen-bond acceptors (Lipinski definition) is 4. The van der Waals surface area contributed by atoms with Crippen LogP contribution in [-0.4, -0.2) is 34.6 Å². The van der Waals surface area contributed by atoms with Crippen LogP contribution in [0, 0.1) is 20.8 Å². The van der Waals surface area contributed by atoms with Gasteiger partial charge in [0.05, 0.1) is 10.6 Å². The van der Waals surface area contributed by atoms with Crippen molar-refractivity contribution in [3.63, 3.8) is 0 Å². The molecule has 0 bridgehead atoms. The molecule has 0 spiro atoms. The smallest absolute Gasteiger partial charge is 0.262 e. The fraction of sp³-hybridized carbons (Fsp3) is 0.350. The van der Waals surface area contributed by atoms with Gasteiger partial charge in [-0.15, -0.1) is 0 Å². The zero-order valence-corrected chi connectivity index (χ0v) is 16.9. The van der Waals surface area contributed by atoms with E-state index in [9.17, 15) is 13.2 Å². The van der Waals surface area contributed by atoms with Gasteiger partial charge in [-0.1, -0.05) is 18.2 Å². The third-order valence-electron chi connectivity index (χ3n) is 4.40. The highest BCUT2D eigenvalue weighted by atomic mass is 32.2. The average Bonchev–Trinajstić information content (AvgIpc) is 2.62. The maximum Gasteiger partial charge on any atom is 0.262 e. The minimum Gasteiger partial charge on any atom is -0.385 e. The molecule has 0 aromatic heterocycles. The average molecular weight is 391 g/mol. The lowest BCUT2D eigenvalue weighted by Crippen LogP contribution is -2.25. The van der Waals surface area contributed by atoms with Crippen molar-refractivity contribution in [2.24, 2.45) is 0 Å². The van der Waals surface area contributed by atoms with Gasteiger partial charge in [0.2, 0.25) is 0 Å². The molecule has 0 aliphatic carbocycles. The second-order valence-corrected chi connectivity index (χ2v) is 8.09. The Morgan fingerprint density at radius 3 is 2.52 bits per heavy atom. The molecule has 146 valence electrons. The highest BCUT2D eigenvalue weighted by Gasteiger charge is 2.20. The number of methoxy groups -OCH3 is 1. The molecule has 0 unspecified atom stereocenters. The molecule has 7 heteroatoms. The highest BCUT2D eigenvalue weighted by Crippen LogP contribution is 2.24. The zero-order chi connectivity index (χ0) is 20.0. The summed E-state index contributed by atoms with van der Waals surface area (Å²) in [5.74, 6) is -0.311. The van der Waals surface area contributed by atoms with E-state index in [4.69, 9.17) is 4.74 Å². The summed E-state index contributed by atoms with van der Waals surface area (Å²) in [4.78, 5) is 12.4. The molecule has 0 atom stereocenters. The van der Waals surface area contributed by atoms with Crippen molar-refractivity contribution in [2.45, 2.75) is 32.1 Å². The van der Waals surface area contributed by atoms with E-state index in [1.807, 2.05) is 19.9 Å². The van der Waals surface area contributed by atoms with E-state index in [1.165, 1.54) is 6.07 Å². The molecule has 2 rings (SSSR count). The number of carbonyl (C=O) groups excluding carboxylic acids is 1. The summed E-state index contributed by atoms with van der Waals surface area (Å²) in [6, 6.07) is 10.1. The van der Waals surface area contributed by atoms with E-state index >= 15 is 0 Å². The van der Waals surface area contributed by atoms with Gasteiger partial charge in [0, 0.05) is 25.8 Å². The summed E-state index contributed by atoms with van der Waals surface area (Å²) >= 11 is 0. The number of rotatable bonds is 8. The number of ether oxygens (including phenoxy) is 1. The van der Waals surface area contributed by atoms with Crippen LogP contribution in [0.15, 0.2) is 41.3 Å². The predicted molar refractivity (Wildman–Crippen MR) is 107 cm³/mol. The van der Waals surface area contributed by atoms with Gasteiger partial charge in [-0.2, -0.15) is 0 Å². The molecule has 0 saturated heterocycles. The second kappa shape index (κ2) is 9.01. The third-order valence-corrected chi connectivity index (χ3v) is 5.91. The maximum atomic E-state index is 12.9. The van der Waals surface area contributed by atoms with Crippen LogP contribution < -0.4 is 10.0 Å². The number of nitrogens with one attached hydrogen (secondary N) is 2. The quantitative estimate of drug-likeness (QED) is 0.678. The van der Waals surface area contributed by atoms with Crippen molar-refractivity contribution in [3.8, 4) is 0 Å². The van der Waals surface area contributed by atoms with Crippen molar-refractivity contribution in [1.29, 1.82) is 0 Å². The Morgan fingerprint density at radius 2 is 1.81 bits per heavy atom. The molecule has 0 heterocycles. The van der Waals surface area contributed by atoms with E-state index in [1.54, 1.807) is 38.3 Å². The van der Waals surface area contributed by atoms with Crippen LogP contribution in [-0.2, 0) is 14.8 Å². The van der Waals surface area contributed by atoms with Crippen molar-refractivity contribution in [1.82, 2.24) is 5.32 Å². The largest absolute Gasteiger partial charge is 0.385 e. The van der Waals surface area contributed by atoms with Crippen LogP contribution in [0.4, 0.5) is 5.69 Å². The second-order valence-electron chi connectivity index (χ2n) is 6.44. The fourth-order valence-corrected chi connectivity index (χ4v) is 4.01. The van der Waals surface area contributed by atoms with Crippen LogP contribution in [0.25, 0.3) is 0 Å². The van der Waals surface area contributed by atoms with Gasteiger partial charge in [-0.3, -0.25) is 9.52 Å². The van der Waals surface area contributed by atoms with E-state index in [0.29, 0.717) is 36.4 Å². The molecule has 0 saturated carbocycles. The van der Waals surface area contributed by atoms with Crippen LogP contribution in [0.1, 0.15) is 33.5 Å². The maximum absolute atomic E-state index is 12.9. The number of amides is 1. The van der Waals surface area contributed by atoms with Crippen molar-refractivity contribution in [3.05, 3.63) is 58.7 Å².